The highest BCUT2D eigenvalue weighted by molar-refractivity contribution is 5.70. The Morgan fingerprint density at radius 1 is 0.469 bits per heavy atom. The van der Waals surface area contributed by atoms with E-state index < -0.39 is 24.1 Å². The lowest BCUT2D eigenvalue weighted by atomic mass is 10.1. The van der Waals surface area contributed by atoms with Gasteiger partial charge in [-0.25, -0.2) is 0 Å². The first-order valence-corrected chi connectivity index (χ1v) is 24.6. The lowest BCUT2D eigenvalue weighted by molar-refractivity contribution is -0.889. The molecule has 0 heterocycles. The molecule has 2 atom stereocenters. The van der Waals surface area contributed by atoms with Crippen molar-refractivity contribution in [1.29, 1.82) is 0 Å². The van der Waals surface area contributed by atoms with Crippen LogP contribution in [0.3, 0.4) is 0 Å². The fraction of sp³-hybridized carbons (Fsp3) is 0.589. The number of aliphatic carboxylic acids is 1. The number of allylic oxidation sites excluding steroid dienone is 20. The van der Waals surface area contributed by atoms with Gasteiger partial charge in [0.15, 0.2) is 6.10 Å². The summed E-state index contributed by atoms with van der Waals surface area (Å²) in [5.41, 5.74) is 0. The van der Waals surface area contributed by atoms with Crippen molar-refractivity contribution in [3.8, 4) is 0 Å². The van der Waals surface area contributed by atoms with Crippen molar-refractivity contribution in [1.82, 2.24) is 0 Å². The number of carbonyl (C=O) groups is 3. The third-order valence-corrected chi connectivity index (χ3v) is 10.1. The summed E-state index contributed by atoms with van der Waals surface area (Å²) in [6, 6.07) is -0.748. The molecular weight excluding hydrogens is 799 g/mol. The van der Waals surface area contributed by atoms with Crippen molar-refractivity contribution < 1.29 is 38.2 Å². The van der Waals surface area contributed by atoms with Crippen molar-refractivity contribution >= 4 is 17.9 Å². The Kier molecular flexibility index (Phi) is 42.3. The fourth-order valence-electron chi connectivity index (χ4n) is 6.38. The van der Waals surface area contributed by atoms with Gasteiger partial charge in [0.1, 0.15) is 12.6 Å². The van der Waals surface area contributed by atoms with E-state index in [0.717, 1.165) is 89.9 Å². The summed E-state index contributed by atoms with van der Waals surface area (Å²) in [5.74, 6) is -1.87. The summed E-state index contributed by atoms with van der Waals surface area (Å²) in [5, 5.41) is 11.7. The number of likely N-dealkylation sites (N-methyl/N-ethyl adjacent to an activating group) is 1. The van der Waals surface area contributed by atoms with Crippen LogP contribution in [0, 0.1) is 0 Å². The van der Waals surface area contributed by atoms with Gasteiger partial charge in [-0.1, -0.05) is 174 Å². The van der Waals surface area contributed by atoms with Gasteiger partial charge in [-0.3, -0.25) is 9.59 Å². The molecule has 0 aromatic heterocycles. The van der Waals surface area contributed by atoms with Crippen LogP contribution < -0.4 is 5.11 Å². The molecule has 0 fully saturated rings. The molecule has 8 nitrogen and oxygen atoms in total. The van der Waals surface area contributed by atoms with E-state index in [1.54, 1.807) is 21.1 Å². The van der Waals surface area contributed by atoms with E-state index in [0.29, 0.717) is 12.8 Å². The first-order valence-electron chi connectivity index (χ1n) is 24.6. The summed E-state index contributed by atoms with van der Waals surface area (Å²) >= 11 is 0. The number of nitrogens with zero attached hydrogens (tertiary/aromatic N) is 1. The van der Waals surface area contributed by atoms with E-state index in [-0.39, 0.29) is 43.1 Å². The van der Waals surface area contributed by atoms with Crippen molar-refractivity contribution in [2.75, 3.05) is 41.0 Å². The molecule has 0 aliphatic rings. The lowest BCUT2D eigenvalue weighted by Gasteiger charge is -2.34. The SMILES string of the molecule is CC/C=C\C/C=C\C/C=C\C/C=C\C/C=C\C/C=C\CCC(=O)OC(COCCC(C(=O)[O-])[N+](C)(C)C)COC(=O)CCCCCCCCCC/C=C\C/C=C\C/C=C\C/C=C\CC. The quantitative estimate of drug-likeness (QED) is 0.0260. The largest absolute Gasteiger partial charge is 0.544 e. The van der Waals surface area contributed by atoms with E-state index in [4.69, 9.17) is 14.2 Å². The zero-order valence-corrected chi connectivity index (χ0v) is 40.9. The molecule has 0 radical (unpaired) electrons. The average molecular weight is 888 g/mol. The van der Waals surface area contributed by atoms with E-state index in [2.05, 4.69) is 123 Å². The number of ether oxygens (including phenoxy) is 3. The van der Waals surface area contributed by atoms with Crippen LogP contribution >= 0.6 is 0 Å². The fourth-order valence-corrected chi connectivity index (χ4v) is 6.38. The van der Waals surface area contributed by atoms with Gasteiger partial charge in [0.05, 0.1) is 40.3 Å². The Morgan fingerprint density at radius 2 is 0.859 bits per heavy atom. The highest BCUT2D eigenvalue weighted by atomic mass is 16.6. The van der Waals surface area contributed by atoms with Crippen LogP contribution in [0.15, 0.2) is 122 Å². The van der Waals surface area contributed by atoms with Crippen LogP contribution in [0.2, 0.25) is 0 Å². The number of hydrogen-bond acceptors (Lipinski definition) is 7. The zero-order valence-electron chi connectivity index (χ0n) is 40.9. The Morgan fingerprint density at radius 3 is 1.28 bits per heavy atom. The number of quaternary nitrogens is 1. The minimum absolute atomic E-state index is 0.000710. The second kappa shape index (κ2) is 45.3. The Hall–Kier alpha value is -4.27. The molecule has 0 spiro atoms. The maximum absolute atomic E-state index is 12.7. The Labute approximate surface area is 391 Å². The molecule has 360 valence electrons. The highest BCUT2D eigenvalue weighted by Gasteiger charge is 2.25. The standard InChI is InChI=1S/C56H89NO7/c1-6-8-10-12-14-16-18-20-22-24-26-27-29-30-32-34-36-38-40-42-44-46-54(58)63-51-52(50-62-49-48-53(56(60)61)57(3,4)5)64-55(59)47-45-43-41-39-37-35-33-31-28-25-23-21-19-17-15-13-11-9-7-2/h8-11,14-17,20-23,26-28,31,35,37,41,43,52-53H,6-7,12-13,18-19,24-25,29-30,32-34,36,38-40,42,44-51H2,1-5H3/b10-8-,11-9-,16-14-,17-15-,22-20-,23-21-,27-26-,31-28-,37-35-,43-41-. The summed E-state index contributed by atoms with van der Waals surface area (Å²) in [7, 11) is 5.37. The molecule has 0 aromatic rings. The van der Waals surface area contributed by atoms with E-state index in [1.165, 1.54) is 32.1 Å². The predicted molar refractivity (Wildman–Crippen MR) is 267 cm³/mol. The summed E-state index contributed by atoms with van der Waals surface area (Å²) in [6.45, 7) is 4.33. The Balaban J connectivity index is 4.42. The molecule has 0 aliphatic carbocycles. The normalized spacial score (nSPS) is 14.0. The number of esters is 2. The molecule has 0 amide bonds. The maximum atomic E-state index is 12.7. The third kappa shape index (κ3) is 43.0. The van der Waals surface area contributed by atoms with Gasteiger partial charge in [-0.15, -0.1) is 0 Å². The van der Waals surface area contributed by atoms with Crippen LogP contribution in [-0.4, -0.2) is 75.5 Å². The topological polar surface area (TPSA) is 102 Å². The van der Waals surface area contributed by atoms with Crippen molar-refractivity contribution in [2.45, 2.75) is 174 Å². The van der Waals surface area contributed by atoms with Crippen molar-refractivity contribution in [3.05, 3.63) is 122 Å². The van der Waals surface area contributed by atoms with Crippen molar-refractivity contribution in [3.63, 3.8) is 0 Å². The number of unbranched alkanes of at least 4 members (excludes halogenated alkanes) is 8. The molecule has 64 heavy (non-hydrogen) atoms. The van der Waals surface area contributed by atoms with E-state index >= 15 is 0 Å². The van der Waals surface area contributed by atoms with Crippen LogP contribution in [0.5, 0.6) is 0 Å². The predicted octanol–water partition coefficient (Wildman–Crippen LogP) is 12.9. The molecule has 0 saturated carbocycles. The van der Waals surface area contributed by atoms with Crippen LogP contribution in [-0.2, 0) is 28.6 Å². The zero-order chi connectivity index (χ0) is 47.0. The van der Waals surface area contributed by atoms with Crippen LogP contribution in [0.1, 0.15) is 162 Å². The van der Waals surface area contributed by atoms with E-state index in [9.17, 15) is 19.5 Å². The van der Waals surface area contributed by atoms with Crippen LogP contribution in [0.4, 0.5) is 0 Å². The minimum atomic E-state index is -1.14. The number of hydrogen-bond donors (Lipinski definition) is 0. The number of carbonyl (C=O) groups excluding carboxylic acids is 3. The summed E-state index contributed by atoms with van der Waals surface area (Å²) < 4.78 is 17.1. The van der Waals surface area contributed by atoms with Gasteiger partial charge < -0.3 is 28.6 Å². The first-order chi connectivity index (χ1) is 31.1. The number of rotatable bonds is 42. The molecule has 0 bridgehead atoms. The molecule has 0 N–H and O–H groups in total. The van der Waals surface area contributed by atoms with Crippen molar-refractivity contribution in [2.24, 2.45) is 0 Å². The third-order valence-electron chi connectivity index (χ3n) is 10.1. The average Bonchev–Trinajstić information content (AvgIpc) is 3.26. The van der Waals surface area contributed by atoms with Gasteiger partial charge in [-0.05, 0) is 89.9 Å². The monoisotopic (exact) mass is 888 g/mol. The van der Waals surface area contributed by atoms with Gasteiger partial charge in [0, 0.05) is 19.3 Å². The van der Waals surface area contributed by atoms with Gasteiger partial charge in [0.25, 0.3) is 0 Å². The summed E-state index contributed by atoms with van der Waals surface area (Å²) in [6.07, 6.45) is 63.8. The second-order valence-electron chi connectivity index (χ2n) is 16.9. The summed E-state index contributed by atoms with van der Waals surface area (Å²) in [4.78, 5) is 37.0. The second-order valence-corrected chi connectivity index (χ2v) is 16.9. The van der Waals surface area contributed by atoms with Gasteiger partial charge in [-0.2, -0.15) is 0 Å². The molecule has 8 heteroatoms. The molecule has 0 saturated heterocycles. The van der Waals surface area contributed by atoms with Crippen LogP contribution in [0.25, 0.3) is 0 Å². The molecular formula is C56H89NO7. The van der Waals surface area contributed by atoms with Gasteiger partial charge in [0.2, 0.25) is 0 Å². The lowest BCUT2D eigenvalue weighted by Crippen LogP contribution is -2.55. The molecule has 0 rings (SSSR count). The molecule has 0 aromatic carbocycles. The smallest absolute Gasteiger partial charge is 0.306 e. The van der Waals surface area contributed by atoms with Gasteiger partial charge >= 0.3 is 11.9 Å². The Bertz CT molecular complexity index is 1450. The highest BCUT2D eigenvalue weighted by Crippen LogP contribution is 2.13. The van der Waals surface area contributed by atoms with E-state index in [1.807, 2.05) is 12.2 Å². The molecule has 2 unspecified atom stereocenters. The number of carboxylic acid groups (broad SMARTS) is 1. The number of carboxylic acids is 1. The minimum Gasteiger partial charge on any atom is -0.544 e. The first kappa shape index (κ1) is 59.7. The maximum Gasteiger partial charge on any atom is 0.306 e. The molecule has 0 aliphatic heterocycles.